The van der Waals surface area contributed by atoms with Gasteiger partial charge in [-0.25, -0.2) is 4.39 Å². The number of benzene rings is 2. The van der Waals surface area contributed by atoms with Crippen LogP contribution in [0, 0.1) is 26.6 Å². The lowest BCUT2D eigenvalue weighted by Gasteiger charge is -2.26. The average Bonchev–Trinajstić information content (AvgIpc) is 3.58. The quantitative estimate of drug-likeness (QED) is 0.407. The van der Waals surface area contributed by atoms with E-state index >= 15 is 0 Å². The summed E-state index contributed by atoms with van der Waals surface area (Å²) in [6.45, 7) is 18.9. The maximum Gasteiger partial charge on any atom is 0.126 e. The summed E-state index contributed by atoms with van der Waals surface area (Å²) in [6.07, 6.45) is 3.97. The van der Waals surface area contributed by atoms with Crippen LogP contribution in [0.15, 0.2) is 30.5 Å². The zero-order valence-electron chi connectivity index (χ0n) is 21.0. The van der Waals surface area contributed by atoms with E-state index in [0.29, 0.717) is 24.5 Å². The predicted octanol–water partition coefficient (Wildman–Crippen LogP) is 7.94. The Hall–Kier alpha value is -1.78. The highest BCUT2D eigenvalue weighted by molar-refractivity contribution is 7.59. The van der Waals surface area contributed by atoms with Crippen LogP contribution in [0.2, 0.25) is 0 Å². The van der Waals surface area contributed by atoms with Gasteiger partial charge in [0.25, 0.3) is 0 Å². The first-order valence-electron chi connectivity index (χ1n) is 11.8. The zero-order valence-corrected chi connectivity index (χ0v) is 22.0. The van der Waals surface area contributed by atoms with Gasteiger partial charge in [0.2, 0.25) is 0 Å². The molecule has 1 atom stereocenters. The topological polar surface area (TPSA) is 35.2 Å². The molecule has 0 unspecified atom stereocenters. The van der Waals surface area contributed by atoms with Crippen molar-refractivity contribution in [2.45, 2.75) is 86.1 Å². The number of nitrogens with two attached hydrogens (primary N) is 1. The first-order valence-corrected chi connectivity index (χ1v) is 11.8. The Morgan fingerprint density at radius 1 is 1.16 bits per heavy atom. The van der Waals surface area contributed by atoms with Crippen molar-refractivity contribution in [3.8, 4) is 11.1 Å². The smallest absolute Gasteiger partial charge is 0.126 e. The summed E-state index contributed by atoms with van der Waals surface area (Å²) >= 11 is 0. The van der Waals surface area contributed by atoms with Crippen LogP contribution in [0.1, 0.15) is 92.3 Å². The lowest BCUT2D eigenvalue weighted by Crippen LogP contribution is -2.18. The minimum Gasteiger partial charge on any atom is -0.499 e. The fourth-order valence-electron chi connectivity index (χ4n) is 4.64. The van der Waals surface area contributed by atoms with Crippen molar-refractivity contribution in [2.75, 3.05) is 6.61 Å². The van der Waals surface area contributed by atoms with Crippen LogP contribution in [0.5, 0.6) is 0 Å². The predicted molar refractivity (Wildman–Crippen MR) is 141 cm³/mol. The Morgan fingerprint density at radius 2 is 1.78 bits per heavy atom. The lowest BCUT2D eigenvalue weighted by molar-refractivity contribution is 0.215. The van der Waals surface area contributed by atoms with Gasteiger partial charge in [-0.1, -0.05) is 39.5 Å². The van der Waals surface area contributed by atoms with E-state index in [1.54, 1.807) is 6.07 Å². The highest BCUT2D eigenvalue weighted by Gasteiger charge is 2.30. The van der Waals surface area contributed by atoms with Gasteiger partial charge in [0.1, 0.15) is 5.82 Å². The molecule has 1 aliphatic rings. The summed E-state index contributed by atoms with van der Waals surface area (Å²) in [4.78, 5) is 0. The normalized spacial score (nSPS) is 13.5. The molecular weight excluding hydrogens is 417 g/mol. The Morgan fingerprint density at radius 3 is 2.31 bits per heavy atom. The van der Waals surface area contributed by atoms with Crippen molar-refractivity contribution >= 4 is 13.5 Å². The molecular formula is C28H42FNOS. The molecule has 2 aromatic carbocycles. The molecule has 0 bridgehead atoms. The van der Waals surface area contributed by atoms with Crippen LogP contribution in [0.4, 0.5) is 4.39 Å². The van der Waals surface area contributed by atoms with Crippen molar-refractivity contribution < 1.29 is 9.13 Å². The molecule has 2 aromatic rings. The van der Waals surface area contributed by atoms with Gasteiger partial charge in [0.05, 0.1) is 12.4 Å². The van der Waals surface area contributed by atoms with E-state index in [1.165, 1.54) is 29.5 Å². The summed E-state index contributed by atoms with van der Waals surface area (Å²) in [5.74, 6) is 1.16. The number of hydrogen-bond acceptors (Lipinski definition) is 2. The van der Waals surface area contributed by atoms with Crippen LogP contribution in [0.3, 0.4) is 0 Å². The standard InChI is InChI=1S/C26H34FNO.C2H6.H2S/c1-7-20-22(19-10-11-19)14-21(25-15(3)9-12-23(27)18(25)6)17(5)26(20)24(28)13-16(4)29-8-2;1-2;/h9,12,14,19,24H,4,7-8,10-11,13,28H2,1-3,5-6H3;1-2H3;1H2/t24-;;/m0../s1. The molecule has 178 valence electrons. The van der Waals surface area contributed by atoms with E-state index in [1.807, 2.05) is 33.8 Å². The van der Waals surface area contributed by atoms with E-state index < -0.39 is 0 Å². The number of ether oxygens (including phenoxy) is 1. The van der Waals surface area contributed by atoms with E-state index in [4.69, 9.17) is 10.5 Å². The molecule has 3 rings (SSSR count). The summed E-state index contributed by atoms with van der Waals surface area (Å²) < 4.78 is 20.0. The van der Waals surface area contributed by atoms with Gasteiger partial charge in [0, 0.05) is 12.5 Å². The molecule has 0 spiro atoms. The molecule has 1 fully saturated rings. The Labute approximate surface area is 201 Å². The molecule has 0 saturated heterocycles. The van der Waals surface area contributed by atoms with Gasteiger partial charge >= 0.3 is 0 Å². The van der Waals surface area contributed by atoms with Gasteiger partial charge < -0.3 is 10.5 Å². The number of rotatable bonds is 8. The van der Waals surface area contributed by atoms with Crippen LogP contribution in [-0.2, 0) is 11.2 Å². The Kier molecular flexibility index (Phi) is 11.0. The first-order chi connectivity index (χ1) is 14.8. The third-order valence-electron chi connectivity index (χ3n) is 6.20. The highest BCUT2D eigenvalue weighted by atomic mass is 32.1. The third-order valence-corrected chi connectivity index (χ3v) is 6.20. The fraction of sp³-hybridized carbons (Fsp3) is 0.500. The third kappa shape index (κ3) is 5.96. The number of aryl methyl sites for hydroxylation is 1. The molecule has 1 aliphatic carbocycles. The monoisotopic (exact) mass is 459 g/mol. The molecule has 32 heavy (non-hydrogen) atoms. The van der Waals surface area contributed by atoms with E-state index in [2.05, 4.69) is 33.4 Å². The Bertz CT molecular complexity index is 934. The largest absolute Gasteiger partial charge is 0.499 e. The van der Waals surface area contributed by atoms with Crippen molar-refractivity contribution in [2.24, 2.45) is 5.73 Å². The number of halogens is 1. The van der Waals surface area contributed by atoms with Gasteiger partial charge in [-0.3, -0.25) is 0 Å². The highest BCUT2D eigenvalue weighted by Crippen LogP contribution is 2.47. The minimum absolute atomic E-state index is 0. The van der Waals surface area contributed by atoms with Gasteiger partial charge in [0.15, 0.2) is 0 Å². The summed E-state index contributed by atoms with van der Waals surface area (Å²) in [6, 6.07) is 5.56. The van der Waals surface area contributed by atoms with Gasteiger partial charge in [-0.2, -0.15) is 13.5 Å². The molecule has 0 radical (unpaired) electrons. The summed E-state index contributed by atoms with van der Waals surface area (Å²) in [7, 11) is 0. The fourth-order valence-corrected chi connectivity index (χ4v) is 4.64. The molecule has 0 amide bonds. The summed E-state index contributed by atoms with van der Waals surface area (Å²) in [5, 5.41) is 0. The second-order valence-corrected chi connectivity index (χ2v) is 8.30. The SMILES string of the molecule is C=C(C[C@H](N)c1c(C)c(-c2c(C)ccc(F)c2C)cc(C2CC2)c1CC)OCC.CC.S. The van der Waals surface area contributed by atoms with Gasteiger partial charge in [-0.05, 0) is 103 Å². The molecule has 2 nitrogen and oxygen atoms in total. The molecule has 4 heteroatoms. The first kappa shape index (κ1) is 28.3. The van der Waals surface area contributed by atoms with Crippen molar-refractivity contribution in [3.63, 3.8) is 0 Å². The van der Waals surface area contributed by atoms with E-state index in [-0.39, 0.29) is 25.4 Å². The van der Waals surface area contributed by atoms with Crippen LogP contribution >= 0.6 is 13.5 Å². The zero-order chi connectivity index (χ0) is 23.3. The van der Waals surface area contributed by atoms with Crippen LogP contribution in [-0.4, -0.2) is 6.61 Å². The van der Waals surface area contributed by atoms with Crippen molar-refractivity contribution in [3.05, 3.63) is 69.7 Å². The molecule has 1 saturated carbocycles. The van der Waals surface area contributed by atoms with Crippen LogP contribution < -0.4 is 5.73 Å². The van der Waals surface area contributed by atoms with Crippen molar-refractivity contribution in [1.82, 2.24) is 0 Å². The van der Waals surface area contributed by atoms with E-state index in [9.17, 15) is 4.39 Å². The Balaban J connectivity index is 0.00000166. The average molecular weight is 460 g/mol. The maximum atomic E-state index is 14.5. The summed E-state index contributed by atoms with van der Waals surface area (Å²) in [5.41, 5.74) is 15.7. The van der Waals surface area contributed by atoms with Crippen LogP contribution in [0.25, 0.3) is 11.1 Å². The molecule has 0 aliphatic heterocycles. The molecule has 2 N–H and O–H groups in total. The number of hydrogen-bond donors (Lipinski definition) is 1. The van der Waals surface area contributed by atoms with Gasteiger partial charge in [-0.15, -0.1) is 0 Å². The maximum absolute atomic E-state index is 14.5. The second kappa shape index (κ2) is 12.5. The minimum atomic E-state index is -0.185. The molecule has 0 aromatic heterocycles. The molecule has 0 heterocycles. The lowest BCUT2D eigenvalue weighted by atomic mass is 9.81. The van der Waals surface area contributed by atoms with Crippen molar-refractivity contribution in [1.29, 1.82) is 0 Å². The van der Waals surface area contributed by atoms with E-state index in [0.717, 1.165) is 34.4 Å². The second-order valence-electron chi connectivity index (χ2n) is 8.30.